The van der Waals surface area contributed by atoms with Crippen molar-refractivity contribution in [3.05, 3.63) is 40.6 Å². The van der Waals surface area contributed by atoms with Gasteiger partial charge in [0.25, 0.3) is 0 Å². The number of carbonyl (C=O) groups excluding carboxylic acids is 1. The topological polar surface area (TPSA) is 71.2 Å². The SMILES string of the molecule is CC(C(=O)Nc1cc(N)ccc1F)N(C)Cc1cscn1. The Balaban J connectivity index is 2.00. The molecule has 0 saturated heterocycles. The molecule has 112 valence electrons. The maximum absolute atomic E-state index is 13.6. The monoisotopic (exact) mass is 308 g/mol. The van der Waals surface area contributed by atoms with Gasteiger partial charge >= 0.3 is 0 Å². The fourth-order valence-electron chi connectivity index (χ4n) is 1.78. The van der Waals surface area contributed by atoms with Crippen LogP contribution in [-0.2, 0) is 11.3 Å². The standard InChI is InChI=1S/C14H17FN4OS/c1-9(19(2)6-11-7-21-8-17-11)14(20)18-13-5-10(16)3-4-12(13)15/h3-5,7-9H,6,16H2,1-2H3,(H,18,20). The van der Waals surface area contributed by atoms with Gasteiger partial charge < -0.3 is 11.1 Å². The number of amides is 1. The molecular weight excluding hydrogens is 291 g/mol. The zero-order valence-electron chi connectivity index (χ0n) is 11.8. The number of halogens is 1. The van der Waals surface area contributed by atoms with E-state index in [1.165, 1.54) is 29.5 Å². The summed E-state index contributed by atoms with van der Waals surface area (Å²) in [6.45, 7) is 2.31. The van der Waals surface area contributed by atoms with E-state index in [0.29, 0.717) is 12.2 Å². The molecule has 1 heterocycles. The third kappa shape index (κ3) is 3.99. The van der Waals surface area contributed by atoms with Crippen LogP contribution in [0.4, 0.5) is 15.8 Å². The number of hydrogen-bond donors (Lipinski definition) is 2. The molecule has 0 bridgehead atoms. The molecule has 21 heavy (non-hydrogen) atoms. The first kappa shape index (κ1) is 15.4. The number of hydrogen-bond acceptors (Lipinski definition) is 5. The van der Waals surface area contributed by atoms with E-state index in [1.807, 2.05) is 17.3 Å². The van der Waals surface area contributed by atoms with Gasteiger partial charge in [-0.25, -0.2) is 9.37 Å². The number of thiazole rings is 1. The van der Waals surface area contributed by atoms with E-state index < -0.39 is 11.9 Å². The highest BCUT2D eigenvalue weighted by atomic mass is 32.1. The summed E-state index contributed by atoms with van der Waals surface area (Å²) in [6.07, 6.45) is 0. The fraction of sp³-hybridized carbons (Fsp3) is 0.286. The molecule has 0 aliphatic heterocycles. The van der Waals surface area contributed by atoms with Crippen molar-refractivity contribution in [3.63, 3.8) is 0 Å². The predicted octanol–water partition coefficient (Wildman–Crippen LogP) is 2.32. The van der Waals surface area contributed by atoms with Gasteiger partial charge in [0.2, 0.25) is 5.91 Å². The van der Waals surface area contributed by atoms with Gasteiger partial charge in [-0.05, 0) is 32.2 Å². The molecule has 7 heteroatoms. The second kappa shape index (κ2) is 6.64. The second-order valence-electron chi connectivity index (χ2n) is 4.80. The Labute approximate surface area is 126 Å². The molecule has 1 aromatic heterocycles. The van der Waals surface area contributed by atoms with Crippen molar-refractivity contribution >= 4 is 28.6 Å². The Kier molecular flexibility index (Phi) is 4.87. The van der Waals surface area contributed by atoms with Crippen LogP contribution in [0.1, 0.15) is 12.6 Å². The van der Waals surface area contributed by atoms with Crippen LogP contribution < -0.4 is 11.1 Å². The van der Waals surface area contributed by atoms with Crippen molar-refractivity contribution < 1.29 is 9.18 Å². The molecule has 2 rings (SSSR count). The Morgan fingerprint density at radius 2 is 2.33 bits per heavy atom. The first-order valence-electron chi connectivity index (χ1n) is 6.40. The van der Waals surface area contributed by atoms with E-state index in [4.69, 9.17) is 5.73 Å². The smallest absolute Gasteiger partial charge is 0.241 e. The summed E-state index contributed by atoms with van der Waals surface area (Å²) in [4.78, 5) is 18.2. The van der Waals surface area contributed by atoms with Crippen LogP contribution in [0.25, 0.3) is 0 Å². The maximum Gasteiger partial charge on any atom is 0.241 e. The van der Waals surface area contributed by atoms with Crippen LogP contribution in [0.2, 0.25) is 0 Å². The Hall–Kier alpha value is -1.99. The number of nitrogen functional groups attached to an aromatic ring is 1. The average Bonchev–Trinajstić information content (AvgIpc) is 2.94. The van der Waals surface area contributed by atoms with Crippen LogP contribution in [0, 0.1) is 5.82 Å². The molecule has 2 aromatic rings. The maximum atomic E-state index is 13.6. The van der Waals surface area contributed by atoms with Crippen molar-refractivity contribution in [1.82, 2.24) is 9.88 Å². The highest BCUT2D eigenvalue weighted by Crippen LogP contribution is 2.18. The van der Waals surface area contributed by atoms with Gasteiger partial charge in [-0.1, -0.05) is 0 Å². The van der Waals surface area contributed by atoms with E-state index in [1.54, 1.807) is 12.4 Å². The summed E-state index contributed by atoms with van der Waals surface area (Å²) < 4.78 is 13.6. The van der Waals surface area contributed by atoms with Crippen molar-refractivity contribution in [2.24, 2.45) is 0 Å². The lowest BCUT2D eigenvalue weighted by Crippen LogP contribution is -2.39. The van der Waals surface area contributed by atoms with Gasteiger partial charge in [0.05, 0.1) is 22.9 Å². The van der Waals surface area contributed by atoms with E-state index in [0.717, 1.165) is 5.69 Å². The number of carbonyl (C=O) groups is 1. The number of likely N-dealkylation sites (N-methyl/N-ethyl adjacent to an activating group) is 1. The summed E-state index contributed by atoms with van der Waals surface area (Å²) in [6, 6.07) is 3.66. The number of benzene rings is 1. The van der Waals surface area contributed by atoms with Crippen molar-refractivity contribution in [2.45, 2.75) is 19.5 Å². The number of nitrogens with two attached hydrogens (primary N) is 1. The zero-order chi connectivity index (χ0) is 15.4. The summed E-state index contributed by atoms with van der Waals surface area (Å²) in [5.74, 6) is -0.802. The highest BCUT2D eigenvalue weighted by Gasteiger charge is 2.19. The first-order valence-corrected chi connectivity index (χ1v) is 7.35. The first-order chi connectivity index (χ1) is 9.97. The van der Waals surface area contributed by atoms with Crippen molar-refractivity contribution in [1.29, 1.82) is 0 Å². The Bertz CT molecular complexity index is 617. The van der Waals surface area contributed by atoms with Crippen LogP contribution in [0.5, 0.6) is 0 Å². The summed E-state index contributed by atoms with van der Waals surface area (Å²) in [7, 11) is 1.82. The summed E-state index contributed by atoms with van der Waals surface area (Å²) in [5.41, 5.74) is 8.73. The van der Waals surface area contributed by atoms with Crippen LogP contribution in [0.15, 0.2) is 29.1 Å². The average molecular weight is 308 g/mol. The highest BCUT2D eigenvalue weighted by molar-refractivity contribution is 7.07. The molecule has 1 atom stereocenters. The summed E-state index contributed by atoms with van der Waals surface area (Å²) in [5, 5.41) is 4.49. The van der Waals surface area contributed by atoms with E-state index in [9.17, 15) is 9.18 Å². The number of nitrogens with one attached hydrogen (secondary N) is 1. The largest absolute Gasteiger partial charge is 0.399 e. The minimum absolute atomic E-state index is 0.0916. The number of anilines is 2. The molecule has 1 amide bonds. The third-order valence-corrected chi connectivity index (χ3v) is 3.82. The van der Waals surface area contributed by atoms with E-state index in [2.05, 4.69) is 10.3 Å². The quantitative estimate of drug-likeness (QED) is 0.832. The van der Waals surface area contributed by atoms with Gasteiger partial charge in [-0.15, -0.1) is 11.3 Å². The summed E-state index contributed by atoms with van der Waals surface area (Å²) >= 11 is 1.51. The minimum atomic E-state index is -0.507. The van der Waals surface area contributed by atoms with Crippen LogP contribution in [-0.4, -0.2) is 28.9 Å². The molecule has 1 unspecified atom stereocenters. The molecule has 0 spiro atoms. The van der Waals surface area contributed by atoms with Gasteiger partial charge in [0.15, 0.2) is 0 Å². The van der Waals surface area contributed by atoms with Crippen molar-refractivity contribution in [2.75, 3.05) is 18.1 Å². The molecule has 3 N–H and O–H groups in total. The van der Waals surface area contributed by atoms with Crippen molar-refractivity contribution in [3.8, 4) is 0 Å². The molecule has 0 aliphatic carbocycles. The van der Waals surface area contributed by atoms with E-state index in [-0.39, 0.29) is 11.6 Å². The minimum Gasteiger partial charge on any atom is -0.399 e. The molecule has 0 saturated carbocycles. The van der Waals surface area contributed by atoms with Gasteiger partial charge in [0, 0.05) is 17.6 Å². The fourth-order valence-corrected chi connectivity index (χ4v) is 2.33. The van der Waals surface area contributed by atoms with Crippen LogP contribution in [0.3, 0.4) is 0 Å². The van der Waals surface area contributed by atoms with E-state index >= 15 is 0 Å². The van der Waals surface area contributed by atoms with Gasteiger partial charge in [0.1, 0.15) is 5.82 Å². The lowest BCUT2D eigenvalue weighted by atomic mass is 10.2. The molecule has 0 fully saturated rings. The molecule has 1 aromatic carbocycles. The molecule has 0 aliphatic rings. The van der Waals surface area contributed by atoms with Crippen LogP contribution >= 0.6 is 11.3 Å². The molecular formula is C14H17FN4OS. The number of aromatic nitrogens is 1. The zero-order valence-corrected chi connectivity index (χ0v) is 12.7. The molecule has 0 radical (unpaired) electrons. The Morgan fingerprint density at radius 1 is 1.57 bits per heavy atom. The van der Waals surface area contributed by atoms with Gasteiger partial charge in [-0.2, -0.15) is 0 Å². The lowest BCUT2D eigenvalue weighted by molar-refractivity contribution is -0.120. The second-order valence-corrected chi connectivity index (χ2v) is 5.52. The van der Waals surface area contributed by atoms with Gasteiger partial charge in [-0.3, -0.25) is 9.69 Å². The normalized spacial score (nSPS) is 12.4. The number of nitrogens with zero attached hydrogens (tertiary/aromatic N) is 2. The lowest BCUT2D eigenvalue weighted by Gasteiger charge is -2.23. The Morgan fingerprint density at radius 3 is 3.00 bits per heavy atom. The molecule has 5 nitrogen and oxygen atoms in total. The number of rotatable bonds is 5. The predicted molar refractivity (Wildman–Crippen MR) is 82.5 cm³/mol. The third-order valence-electron chi connectivity index (χ3n) is 3.18.